The molecule has 11 aromatic rings. The maximum absolute atomic E-state index is 5.40. The van der Waals surface area contributed by atoms with Gasteiger partial charge in [-0.2, -0.15) is 0 Å². The molecule has 9 aromatic carbocycles. The van der Waals surface area contributed by atoms with E-state index in [2.05, 4.69) is 213 Å². The molecule has 0 saturated heterocycles. The van der Waals surface area contributed by atoms with Gasteiger partial charge in [-0.05, 0) is 70.5 Å². The molecule has 11 rings (SSSR count). The van der Waals surface area contributed by atoms with E-state index in [1.54, 1.807) is 0 Å². The van der Waals surface area contributed by atoms with Gasteiger partial charge >= 0.3 is 0 Å². The first-order valence-electron chi connectivity index (χ1n) is 21.9. The smallest absolute Gasteiger partial charge is 0.180 e. The van der Waals surface area contributed by atoms with Crippen LogP contribution >= 0.6 is 0 Å². The Hall–Kier alpha value is -7.99. The summed E-state index contributed by atoms with van der Waals surface area (Å²) in [5.74, 6) is 1.86. The van der Waals surface area contributed by atoms with Crippen LogP contribution in [0.4, 0.5) is 0 Å². The highest BCUT2D eigenvalue weighted by molar-refractivity contribution is 7.20. The van der Waals surface area contributed by atoms with Crippen LogP contribution in [0.3, 0.4) is 0 Å². The molecule has 0 bridgehead atoms. The fourth-order valence-electron chi connectivity index (χ4n) is 9.69. The number of fused-ring (bicyclic) bond motifs is 3. The molecule has 0 atom stereocenters. The SMILES string of the molecule is Cc1ccc2c(c1)c1cc(C)ccc1n2-c1cccc(-c2nc(-c3ccccc3)nc(-c3ccccc3)n2)c1-c1ccccc1[Si](c1ccccc1)(c1ccccc1)c1ccccc1. The van der Waals surface area contributed by atoms with Crippen molar-refractivity contribution in [2.45, 2.75) is 13.8 Å². The first-order valence-corrected chi connectivity index (χ1v) is 23.9. The minimum Gasteiger partial charge on any atom is -0.309 e. The Bertz CT molecular complexity index is 3230. The fraction of sp³-hybridized carbons (Fsp3) is 0.0339. The van der Waals surface area contributed by atoms with Crippen molar-refractivity contribution in [3.05, 3.63) is 242 Å². The van der Waals surface area contributed by atoms with Crippen molar-refractivity contribution in [2.75, 3.05) is 0 Å². The highest BCUT2D eigenvalue weighted by Gasteiger charge is 2.43. The van der Waals surface area contributed by atoms with E-state index in [1.807, 2.05) is 36.4 Å². The van der Waals surface area contributed by atoms with Gasteiger partial charge in [-0.25, -0.2) is 15.0 Å². The van der Waals surface area contributed by atoms with Gasteiger partial charge in [0.2, 0.25) is 0 Å². The van der Waals surface area contributed by atoms with Crippen molar-refractivity contribution in [2.24, 2.45) is 0 Å². The van der Waals surface area contributed by atoms with Crippen LogP contribution in [0.1, 0.15) is 11.1 Å². The number of hydrogen-bond acceptors (Lipinski definition) is 3. The summed E-state index contributed by atoms with van der Waals surface area (Å²) in [5.41, 5.74) is 10.8. The third-order valence-electron chi connectivity index (χ3n) is 12.5. The molecular formula is C59H44N4Si. The minimum absolute atomic E-state index is 0.609. The lowest BCUT2D eigenvalue weighted by Gasteiger charge is -2.36. The Kier molecular flexibility index (Phi) is 9.95. The molecule has 0 saturated carbocycles. The van der Waals surface area contributed by atoms with E-state index in [0.29, 0.717) is 17.5 Å². The summed E-state index contributed by atoms with van der Waals surface area (Å²) in [6, 6.07) is 83.4. The van der Waals surface area contributed by atoms with Gasteiger partial charge in [0.25, 0.3) is 0 Å². The van der Waals surface area contributed by atoms with E-state index in [4.69, 9.17) is 15.0 Å². The number of aromatic nitrogens is 4. The summed E-state index contributed by atoms with van der Waals surface area (Å²) < 4.78 is 2.47. The van der Waals surface area contributed by atoms with Crippen LogP contribution in [0, 0.1) is 13.8 Å². The number of hydrogen-bond donors (Lipinski definition) is 0. The van der Waals surface area contributed by atoms with Gasteiger partial charge in [-0.1, -0.05) is 211 Å². The maximum atomic E-state index is 5.40. The van der Waals surface area contributed by atoms with Gasteiger partial charge in [0.05, 0.1) is 16.7 Å². The van der Waals surface area contributed by atoms with Crippen molar-refractivity contribution in [1.82, 2.24) is 19.5 Å². The van der Waals surface area contributed by atoms with Gasteiger partial charge in [0, 0.05) is 33.0 Å². The van der Waals surface area contributed by atoms with Crippen LogP contribution in [0.25, 0.3) is 72.8 Å². The summed E-state index contributed by atoms with van der Waals surface area (Å²) in [4.78, 5) is 15.9. The van der Waals surface area contributed by atoms with Crippen molar-refractivity contribution in [3.63, 3.8) is 0 Å². The Morgan fingerprint density at radius 3 is 1.25 bits per heavy atom. The topological polar surface area (TPSA) is 43.6 Å². The van der Waals surface area contributed by atoms with E-state index in [1.165, 1.54) is 42.6 Å². The molecule has 0 radical (unpaired) electrons. The molecule has 304 valence electrons. The van der Waals surface area contributed by atoms with Crippen molar-refractivity contribution in [1.29, 1.82) is 0 Å². The molecule has 0 aliphatic heterocycles. The van der Waals surface area contributed by atoms with Crippen molar-refractivity contribution in [3.8, 4) is 51.0 Å². The zero-order valence-electron chi connectivity index (χ0n) is 35.7. The van der Waals surface area contributed by atoms with Gasteiger partial charge in [0.15, 0.2) is 25.5 Å². The summed E-state index contributed by atoms with van der Waals surface area (Å²) in [5, 5.41) is 7.64. The Morgan fingerprint density at radius 2 is 0.766 bits per heavy atom. The fourth-order valence-corrected chi connectivity index (χ4v) is 14.7. The first-order chi connectivity index (χ1) is 31.6. The van der Waals surface area contributed by atoms with Crippen LogP contribution in [-0.2, 0) is 0 Å². The second-order valence-corrected chi connectivity index (χ2v) is 20.3. The summed E-state index contributed by atoms with van der Waals surface area (Å²) in [7, 11) is -3.07. The highest BCUT2D eigenvalue weighted by Crippen LogP contribution is 2.41. The average Bonchev–Trinajstić information content (AvgIpc) is 3.67. The molecule has 0 amide bonds. The van der Waals surface area contributed by atoms with E-state index in [0.717, 1.165) is 44.5 Å². The molecule has 64 heavy (non-hydrogen) atoms. The zero-order valence-corrected chi connectivity index (χ0v) is 36.7. The number of nitrogens with zero attached hydrogens (tertiary/aromatic N) is 4. The molecule has 4 nitrogen and oxygen atoms in total. The van der Waals surface area contributed by atoms with Crippen molar-refractivity contribution < 1.29 is 0 Å². The number of aryl methyl sites for hydroxylation is 2. The molecule has 0 fully saturated rings. The molecule has 2 heterocycles. The maximum Gasteiger partial charge on any atom is 0.180 e. The second kappa shape index (κ2) is 16.4. The molecule has 0 spiro atoms. The van der Waals surface area contributed by atoms with Gasteiger partial charge in [-0.15, -0.1) is 0 Å². The van der Waals surface area contributed by atoms with Crippen molar-refractivity contribution >= 4 is 50.6 Å². The molecule has 0 unspecified atom stereocenters. The summed E-state index contributed by atoms with van der Waals surface area (Å²) >= 11 is 0. The number of benzene rings is 9. The second-order valence-electron chi connectivity index (χ2n) is 16.5. The standard InChI is InChI=1S/C59H44N4Si/c1-41-35-37-52-50(39-41)51-40-42(2)36-38-53(51)63(52)54-33-20-32-49(59-61-57(43-21-8-3-9-22-43)60-58(62-59)44-23-10-4-11-24-44)56(54)48-31-18-19-34-55(48)64(45-25-12-5-13-26-45,46-27-14-6-15-28-46)47-29-16-7-17-30-47/h3-40H,1-2H3. The lowest BCUT2D eigenvalue weighted by molar-refractivity contribution is 1.07. The molecule has 0 N–H and O–H groups in total. The van der Waals surface area contributed by atoms with Gasteiger partial charge in [0.1, 0.15) is 0 Å². The van der Waals surface area contributed by atoms with Crippen LogP contribution in [0.5, 0.6) is 0 Å². The molecule has 5 heteroatoms. The lowest BCUT2D eigenvalue weighted by Crippen LogP contribution is -2.75. The zero-order chi connectivity index (χ0) is 43.0. The monoisotopic (exact) mass is 836 g/mol. The van der Waals surface area contributed by atoms with Crippen LogP contribution in [-0.4, -0.2) is 27.6 Å². The molecule has 2 aromatic heterocycles. The lowest BCUT2D eigenvalue weighted by atomic mass is 9.96. The summed E-state index contributed by atoms with van der Waals surface area (Å²) in [6.45, 7) is 4.36. The van der Waals surface area contributed by atoms with E-state index in [9.17, 15) is 0 Å². The normalized spacial score (nSPS) is 11.6. The van der Waals surface area contributed by atoms with Crippen LogP contribution in [0.2, 0.25) is 0 Å². The third kappa shape index (κ3) is 6.65. The molecule has 0 aliphatic carbocycles. The van der Waals surface area contributed by atoms with Crippen LogP contribution < -0.4 is 20.7 Å². The third-order valence-corrected chi connectivity index (χ3v) is 17.4. The van der Waals surface area contributed by atoms with E-state index < -0.39 is 8.07 Å². The minimum atomic E-state index is -3.07. The Balaban J connectivity index is 1.31. The number of rotatable bonds is 9. The predicted octanol–water partition coefficient (Wildman–Crippen LogP) is 11.6. The van der Waals surface area contributed by atoms with Crippen LogP contribution in [0.15, 0.2) is 231 Å². The quantitative estimate of drug-likeness (QED) is 0.107. The van der Waals surface area contributed by atoms with E-state index >= 15 is 0 Å². The largest absolute Gasteiger partial charge is 0.309 e. The van der Waals surface area contributed by atoms with E-state index in [-0.39, 0.29) is 0 Å². The average molecular weight is 837 g/mol. The predicted molar refractivity (Wildman–Crippen MR) is 269 cm³/mol. The Morgan fingerprint density at radius 1 is 0.359 bits per heavy atom. The molecular weight excluding hydrogens is 793 g/mol. The first kappa shape index (κ1) is 38.9. The molecule has 0 aliphatic rings. The highest BCUT2D eigenvalue weighted by atomic mass is 28.3. The van der Waals surface area contributed by atoms with Gasteiger partial charge in [-0.3, -0.25) is 0 Å². The Labute approximate surface area is 374 Å². The van der Waals surface area contributed by atoms with Gasteiger partial charge < -0.3 is 4.57 Å². The summed E-state index contributed by atoms with van der Waals surface area (Å²) in [6.07, 6.45) is 0.